The molecule has 0 bridgehead atoms. The molecule has 0 radical (unpaired) electrons. The van der Waals surface area contributed by atoms with Crippen molar-refractivity contribution in [3.05, 3.63) is 52.0 Å². The highest BCUT2D eigenvalue weighted by Gasteiger charge is 2.17. The summed E-state index contributed by atoms with van der Waals surface area (Å²) in [6.45, 7) is 3.83. The molecule has 0 heterocycles. The van der Waals surface area contributed by atoms with Gasteiger partial charge in [-0.2, -0.15) is 0 Å². The summed E-state index contributed by atoms with van der Waals surface area (Å²) in [5, 5.41) is 5.73. The molecule has 0 fully saturated rings. The van der Waals surface area contributed by atoms with Gasteiger partial charge in [-0.05, 0) is 59.1 Å². The molecular weight excluding hydrogens is 392 g/mol. The summed E-state index contributed by atoms with van der Waals surface area (Å²) in [4.78, 5) is 12.3. The van der Waals surface area contributed by atoms with Gasteiger partial charge in [0.2, 0.25) is 5.91 Å². The number of aryl methyl sites for hydroxylation is 2. The number of amides is 1. The molecule has 0 saturated carbocycles. The predicted molar refractivity (Wildman–Crippen MR) is 100 cm³/mol. The first-order valence-corrected chi connectivity index (χ1v) is 9.96. The zero-order valence-electron chi connectivity index (χ0n) is 13.7. The van der Waals surface area contributed by atoms with Crippen molar-refractivity contribution < 1.29 is 13.2 Å². The van der Waals surface area contributed by atoms with Crippen LogP contribution in [0.4, 0.5) is 11.4 Å². The molecular formula is C17H19BrN2O3S. The second kappa shape index (κ2) is 7.36. The average molecular weight is 411 g/mol. The third kappa shape index (κ3) is 4.58. The molecule has 7 heteroatoms. The minimum atomic E-state index is -3.42. The fraction of sp³-hybridized carbons (Fsp3) is 0.235. The lowest BCUT2D eigenvalue weighted by Gasteiger charge is -2.13. The van der Waals surface area contributed by atoms with Gasteiger partial charge in [-0.1, -0.05) is 18.2 Å². The Morgan fingerprint density at radius 2 is 1.83 bits per heavy atom. The van der Waals surface area contributed by atoms with Gasteiger partial charge in [0.1, 0.15) is 4.90 Å². The van der Waals surface area contributed by atoms with Crippen LogP contribution in [0.25, 0.3) is 0 Å². The summed E-state index contributed by atoms with van der Waals surface area (Å²) in [5.74, 6) is -0.247. The van der Waals surface area contributed by atoms with E-state index < -0.39 is 9.84 Å². The summed E-state index contributed by atoms with van der Waals surface area (Å²) in [7, 11) is -3.42. The van der Waals surface area contributed by atoms with Crippen LogP contribution in [0.3, 0.4) is 0 Å². The number of carbonyl (C=O) groups is 1. The van der Waals surface area contributed by atoms with Gasteiger partial charge < -0.3 is 10.6 Å². The molecule has 128 valence electrons. The molecule has 0 spiro atoms. The smallest absolute Gasteiger partial charge is 0.243 e. The quantitative estimate of drug-likeness (QED) is 0.790. The van der Waals surface area contributed by atoms with E-state index in [1.165, 1.54) is 0 Å². The summed E-state index contributed by atoms with van der Waals surface area (Å²) >= 11 is 3.24. The topological polar surface area (TPSA) is 75.3 Å². The number of nitrogens with one attached hydrogen (secondary N) is 2. The Morgan fingerprint density at radius 1 is 1.12 bits per heavy atom. The van der Waals surface area contributed by atoms with Gasteiger partial charge in [-0.3, -0.25) is 4.79 Å². The number of rotatable bonds is 5. The summed E-state index contributed by atoms with van der Waals surface area (Å²) in [6.07, 6.45) is 1.13. The maximum Gasteiger partial charge on any atom is 0.243 e. The number of halogens is 1. The van der Waals surface area contributed by atoms with Crippen LogP contribution in [0.2, 0.25) is 0 Å². The Balaban J connectivity index is 2.13. The number of sulfone groups is 1. The maximum atomic E-state index is 12.2. The van der Waals surface area contributed by atoms with Crippen LogP contribution in [-0.2, 0) is 14.6 Å². The van der Waals surface area contributed by atoms with Crippen LogP contribution >= 0.6 is 15.9 Å². The number of anilines is 2. The molecule has 2 rings (SSSR count). The lowest BCUT2D eigenvalue weighted by atomic mass is 10.1. The average Bonchev–Trinajstić information content (AvgIpc) is 2.47. The van der Waals surface area contributed by atoms with Crippen molar-refractivity contribution in [3.63, 3.8) is 0 Å². The molecule has 1 amide bonds. The predicted octanol–water partition coefficient (Wildman–Crippen LogP) is 3.52. The molecule has 0 aromatic heterocycles. The minimum absolute atomic E-state index is 0.0354. The van der Waals surface area contributed by atoms with Crippen LogP contribution in [-0.4, -0.2) is 27.1 Å². The SMILES string of the molecule is Cc1ccc(C)c(NC(=O)CNc2cccc(Br)c2S(C)(=O)=O)c1. The van der Waals surface area contributed by atoms with Crippen molar-refractivity contribution in [2.75, 3.05) is 23.4 Å². The molecule has 0 atom stereocenters. The molecule has 2 aromatic carbocycles. The Kier molecular flexibility index (Phi) is 5.66. The van der Waals surface area contributed by atoms with Crippen molar-refractivity contribution in [1.29, 1.82) is 0 Å². The fourth-order valence-corrected chi connectivity index (χ4v) is 4.48. The highest BCUT2D eigenvalue weighted by Crippen LogP contribution is 2.29. The summed E-state index contributed by atoms with van der Waals surface area (Å²) < 4.78 is 24.3. The first-order valence-electron chi connectivity index (χ1n) is 7.28. The maximum absolute atomic E-state index is 12.2. The number of hydrogen-bond acceptors (Lipinski definition) is 4. The Labute approximate surface area is 150 Å². The van der Waals surface area contributed by atoms with Gasteiger partial charge in [0.25, 0.3) is 0 Å². The second-order valence-electron chi connectivity index (χ2n) is 5.61. The molecule has 2 aromatic rings. The van der Waals surface area contributed by atoms with Gasteiger partial charge in [-0.25, -0.2) is 8.42 Å². The Hall–Kier alpha value is -1.86. The summed E-state index contributed by atoms with van der Waals surface area (Å²) in [5.41, 5.74) is 3.16. The van der Waals surface area contributed by atoms with Crippen LogP contribution in [0, 0.1) is 13.8 Å². The lowest BCUT2D eigenvalue weighted by Crippen LogP contribution is -2.23. The molecule has 24 heavy (non-hydrogen) atoms. The molecule has 0 saturated heterocycles. The number of hydrogen-bond donors (Lipinski definition) is 2. The van der Waals surface area contributed by atoms with E-state index in [-0.39, 0.29) is 17.3 Å². The van der Waals surface area contributed by atoms with E-state index in [0.717, 1.165) is 23.1 Å². The van der Waals surface area contributed by atoms with E-state index in [1.807, 2.05) is 32.0 Å². The van der Waals surface area contributed by atoms with Gasteiger partial charge in [0.05, 0.1) is 12.2 Å². The normalized spacial score (nSPS) is 11.2. The van der Waals surface area contributed by atoms with Crippen LogP contribution in [0.5, 0.6) is 0 Å². The third-order valence-corrected chi connectivity index (χ3v) is 5.55. The zero-order chi connectivity index (χ0) is 17.9. The van der Waals surface area contributed by atoms with E-state index in [2.05, 4.69) is 26.6 Å². The van der Waals surface area contributed by atoms with E-state index >= 15 is 0 Å². The van der Waals surface area contributed by atoms with Crippen LogP contribution in [0.15, 0.2) is 45.8 Å². The van der Waals surface area contributed by atoms with Crippen molar-refractivity contribution in [1.82, 2.24) is 0 Å². The number of carbonyl (C=O) groups excluding carboxylic acids is 1. The Bertz CT molecular complexity index is 879. The standard InChI is InChI=1S/C17H19BrN2O3S/c1-11-7-8-12(2)15(9-11)20-16(21)10-19-14-6-4-5-13(18)17(14)24(3,22)23/h4-9,19H,10H2,1-3H3,(H,20,21). The van der Waals surface area contributed by atoms with Crippen LogP contribution < -0.4 is 10.6 Å². The second-order valence-corrected chi connectivity index (χ2v) is 8.42. The molecule has 0 unspecified atom stereocenters. The van der Waals surface area contributed by atoms with E-state index in [4.69, 9.17) is 0 Å². The van der Waals surface area contributed by atoms with Crippen LogP contribution in [0.1, 0.15) is 11.1 Å². The van der Waals surface area contributed by atoms with Crippen molar-refractivity contribution in [2.24, 2.45) is 0 Å². The largest absolute Gasteiger partial charge is 0.375 e. The van der Waals surface area contributed by atoms with E-state index in [1.54, 1.807) is 18.2 Å². The minimum Gasteiger partial charge on any atom is -0.375 e. The van der Waals surface area contributed by atoms with Crippen molar-refractivity contribution in [2.45, 2.75) is 18.7 Å². The van der Waals surface area contributed by atoms with Gasteiger partial charge >= 0.3 is 0 Å². The van der Waals surface area contributed by atoms with Gasteiger partial charge in [0.15, 0.2) is 9.84 Å². The highest BCUT2D eigenvalue weighted by molar-refractivity contribution is 9.10. The fourth-order valence-electron chi connectivity index (χ4n) is 2.27. The molecule has 5 nitrogen and oxygen atoms in total. The van der Waals surface area contributed by atoms with Gasteiger partial charge in [-0.15, -0.1) is 0 Å². The molecule has 0 aliphatic heterocycles. The monoisotopic (exact) mass is 410 g/mol. The van der Waals surface area contributed by atoms with E-state index in [0.29, 0.717) is 10.2 Å². The van der Waals surface area contributed by atoms with Gasteiger partial charge in [0, 0.05) is 16.4 Å². The lowest BCUT2D eigenvalue weighted by molar-refractivity contribution is -0.114. The molecule has 0 aliphatic rings. The third-order valence-electron chi connectivity index (χ3n) is 3.44. The van der Waals surface area contributed by atoms with E-state index in [9.17, 15) is 13.2 Å². The summed E-state index contributed by atoms with van der Waals surface area (Å²) in [6, 6.07) is 10.8. The van der Waals surface area contributed by atoms with Crippen molar-refractivity contribution in [3.8, 4) is 0 Å². The number of benzene rings is 2. The Morgan fingerprint density at radius 3 is 2.50 bits per heavy atom. The first-order chi connectivity index (χ1) is 11.2. The zero-order valence-corrected chi connectivity index (χ0v) is 16.1. The van der Waals surface area contributed by atoms with Crippen molar-refractivity contribution >= 4 is 43.0 Å². The first kappa shape index (κ1) is 18.5. The molecule has 0 aliphatic carbocycles. The highest BCUT2D eigenvalue weighted by atomic mass is 79.9. The molecule has 2 N–H and O–H groups in total.